The maximum atomic E-state index is 13.2. The summed E-state index contributed by atoms with van der Waals surface area (Å²) in [5.74, 6) is -3.06. The third-order valence-electron chi connectivity index (χ3n) is 5.25. The van der Waals surface area contributed by atoms with Crippen molar-refractivity contribution in [3.05, 3.63) is 92.0 Å². The van der Waals surface area contributed by atoms with Crippen LogP contribution in [-0.2, 0) is 14.3 Å². The van der Waals surface area contributed by atoms with Gasteiger partial charge in [-0.2, -0.15) is 0 Å². The molecule has 1 aliphatic rings. The average Bonchev–Trinajstić information content (AvgIpc) is 3.35. The number of benzene rings is 2. The minimum Gasteiger partial charge on any atom is -0.507 e. The van der Waals surface area contributed by atoms with E-state index >= 15 is 0 Å². The zero-order chi connectivity index (χ0) is 24.6. The number of thiazole rings is 1. The molecule has 1 saturated heterocycles. The average molecular weight is 479 g/mol. The Balaban J connectivity index is 1.96. The molecule has 10 nitrogen and oxygen atoms in total. The Morgan fingerprint density at radius 1 is 1.18 bits per heavy atom. The van der Waals surface area contributed by atoms with Crippen LogP contribution in [0.2, 0.25) is 0 Å². The van der Waals surface area contributed by atoms with E-state index in [9.17, 15) is 29.6 Å². The first-order valence-corrected chi connectivity index (χ1v) is 10.7. The van der Waals surface area contributed by atoms with Gasteiger partial charge >= 0.3 is 11.9 Å². The van der Waals surface area contributed by atoms with Gasteiger partial charge in [0, 0.05) is 17.7 Å². The molecular weight excluding hydrogens is 462 g/mol. The van der Waals surface area contributed by atoms with Crippen LogP contribution >= 0.6 is 11.3 Å². The topological polar surface area (TPSA) is 140 Å². The van der Waals surface area contributed by atoms with Crippen LogP contribution < -0.4 is 4.90 Å². The highest BCUT2D eigenvalue weighted by atomic mass is 32.1. The molecule has 0 saturated carbocycles. The van der Waals surface area contributed by atoms with Gasteiger partial charge in [0.2, 0.25) is 0 Å². The van der Waals surface area contributed by atoms with E-state index in [2.05, 4.69) is 4.98 Å². The number of carbonyl (C=O) groups is 3. The molecule has 4 rings (SSSR count). The molecule has 0 spiro atoms. The van der Waals surface area contributed by atoms with Crippen molar-refractivity contribution < 1.29 is 29.2 Å². The van der Waals surface area contributed by atoms with Gasteiger partial charge in [0.05, 0.1) is 29.3 Å². The fourth-order valence-corrected chi connectivity index (χ4v) is 4.68. The molecule has 34 heavy (non-hydrogen) atoms. The molecule has 172 valence electrons. The van der Waals surface area contributed by atoms with Crippen molar-refractivity contribution in [2.24, 2.45) is 0 Å². The van der Waals surface area contributed by atoms with Crippen molar-refractivity contribution >= 4 is 45.6 Å². The molecule has 3 aromatic rings. The van der Waals surface area contributed by atoms with E-state index in [4.69, 9.17) is 4.74 Å². The predicted molar refractivity (Wildman–Crippen MR) is 123 cm³/mol. The molecule has 2 aromatic carbocycles. The molecule has 0 aliphatic carbocycles. The van der Waals surface area contributed by atoms with Gasteiger partial charge in [0.1, 0.15) is 10.6 Å². The third-order valence-corrected chi connectivity index (χ3v) is 6.39. The highest BCUT2D eigenvalue weighted by molar-refractivity contribution is 7.17. The maximum absolute atomic E-state index is 13.2. The summed E-state index contributed by atoms with van der Waals surface area (Å²) in [6, 6.07) is 12.4. The Kier molecular flexibility index (Phi) is 5.95. The third kappa shape index (κ3) is 3.82. The number of aromatic nitrogens is 1. The highest BCUT2D eigenvalue weighted by Gasteiger charge is 2.48. The van der Waals surface area contributed by atoms with Gasteiger partial charge in [-0.3, -0.25) is 24.6 Å². The SMILES string of the molecule is COC(=O)c1sc(N2C(=O)C(=O)/C(=C(/O)c3ccccc3)C2c2cccc([N+](=O)[O-])c2)nc1C. The molecule has 0 radical (unpaired) electrons. The first-order valence-electron chi connectivity index (χ1n) is 9.91. The number of hydrogen-bond donors (Lipinski definition) is 1. The van der Waals surface area contributed by atoms with Gasteiger partial charge in [-0.25, -0.2) is 9.78 Å². The van der Waals surface area contributed by atoms with Crippen molar-refractivity contribution in [3.8, 4) is 0 Å². The van der Waals surface area contributed by atoms with Crippen molar-refractivity contribution in [1.29, 1.82) is 0 Å². The predicted octanol–water partition coefficient (Wildman–Crippen LogP) is 3.77. The quantitative estimate of drug-likeness (QED) is 0.146. The lowest BCUT2D eigenvalue weighted by Gasteiger charge is -2.22. The summed E-state index contributed by atoms with van der Waals surface area (Å²) < 4.78 is 4.75. The number of nitro benzene ring substituents is 1. The normalized spacial score (nSPS) is 17.1. The van der Waals surface area contributed by atoms with Gasteiger partial charge in [0.25, 0.3) is 11.5 Å². The molecule has 1 fully saturated rings. The molecule has 11 heteroatoms. The Morgan fingerprint density at radius 3 is 2.53 bits per heavy atom. The van der Waals surface area contributed by atoms with Crippen LogP contribution in [0.25, 0.3) is 5.76 Å². The van der Waals surface area contributed by atoms with E-state index < -0.39 is 34.4 Å². The van der Waals surface area contributed by atoms with Crippen LogP contribution in [0, 0.1) is 17.0 Å². The molecule has 1 N–H and O–H groups in total. The number of ether oxygens (including phenoxy) is 1. The number of esters is 1. The molecule has 0 bridgehead atoms. The van der Waals surface area contributed by atoms with Gasteiger partial charge in [0.15, 0.2) is 5.13 Å². The second-order valence-electron chi connectivity index (χ2n) is 7.29. The Labute approximate surface area is 196 Å². The van der Waals surface area contributed by atoms with Gasteiger partial charge < -0.3 is 9.84 Å². The first-order chi connectivity index (χ1) is 16.2. The maximum Gasteiger partial charge on any atom is 0.350 e. The van der Waals surface area contributed by atoms with Crippen LogP contribution in [0.5, 0.6) is 0 Å². The van der Waals surface area contributed by atoms with E-state index in [1.807, 2.05) is 0 Å². The fourth-order valence-electron chi connectivity index (χ4n) is 3.67. The number of nitrogens with zero attached hydrogens (tertiary/aromatic N) is 3. The first kappa shape index (κ1) is 22.8. The molecular formula is C23H17N3O7S. The monoisotopic (exact) mass is 479 g/mol. The molecule has 1 amide bonds. The lowest BCUT2D eigenvalue weighted by Crippen LogP contribution is -2.29. The summed E-state index contributed by atoms with van der Waals surface area (Å²) in [5, 5.41) is 22.4. The number of aryl methyl sites for hydroxylation is 1. The van der Waals surface area contributed by atoms with Gasteiger partial charge in [-0.15, -0.1) is 0 Å². The second kappa shape index (κ2) is 8.87. The summed E-state index contributed by atoms with van der Waals surface area (Å²) in [5.41, 5.74) is 0.298. The van der Waals surface area contributed by atoms with E-state index in [0.29, 0.717) is 5.56 Å². The van der Waals surface area contributed by atoms with Crippen LogP contribution in [0.15, 0.2) is 60.2 Å². The van der Waals surface area contributed by atoms with E-state index in [1.54, 1.807) is 37.3 Å². The highest BCUT2D eigenvalue weighted by Crippen LogP contribution is 2.44. The lowest BCUT2D eigenvalue weighted by molar-refractivity contribution is -0.384. The van der Waals surface area contributed by atoms with Crippen molar-refractivity contribution in [2.45, 2.75) is 13.0 Å². The molecule has 1 aliphatic heterocycles. The summed E-state index contributed by atoms with van der Waals surface area (Å²) in [6.45, 7) is 1.55. The number of rotatable bonds is 5. The number of nitro groups is 1. The minimum atomic E-state index is -1.21. The summed E-state index contributed by atoms with van der Waals surface area (Å²) in [4.78, 5) is 54.6. The van der Waals surface area contributed by atoms with Gasteiger partial charge in [-0.1, -0.05) is 53.8 Å². The number of ketones is 1. The van der Waals surface area contributed by atoms with Crippen LogP contribution in [0.4, 0.5) is 10.8 Å². The van der Waals surface area contributed by atoms with E-state index in [-0.39, 0.29) is 32.5 Å². The number of anilines is 1. The zero-order valence-corrected chi connectivity index (χ0v) is 18.7. The number of non-ortho nitro benzene ring substituents is 1. The smallest absolute Gasteiger partial charge is 0.350 e. The molecule has 2 heterocycles. The number of Topliss-reactive ketones (excluding diaryl/α,β-unsaturated/α-hetero) is 1. The Bertz CT molecular complexity index is 1360. The molecule has 1 unspecified atom stereocenters. The second-order valence-corrected chi connectivity index (χ2v) is 8.27. The summed E-state index contributed by atoms with van der Waals surface area (Å²) in [6.07, 6.45) is 0. The number of carbonyl (C=O) groups excluding carboxylic acids is 3. The minimum absolute atomic E-state index is 0.0172. The molecule has 1 aromatic heterocycles. The number of amides is 1. The van der Waals surface area contributed by atoms with Crippen LogP contribution in [0.3, 0.4) is 0 Å². The largest absolute Gasteiger partial charge is 0.507 e. The Morgan fingerprint density at radius 2 is 1.88 bits per heavy atom. The number of methoxy groups -OCH3 is 1. The van der Waals surface area contributed by atoms with Gasteiger partial charge in [-0.05, 0) is 12.5 Å². The summed E-state index contributed by atoms with van der Waals surface area (Å²) in [7, 11) is 1.20. The Hall–Kier alpha value is -4.38. The van der Waals surface area contributed by atoms with Crippen LogP contribution in [-0.4, -0.2) is 39.8 Å². The van der Waals surface area contributed by atoms with Crippen molar-refractivity contribution in [1.82, 2.24) is 4.98 Å². The number of hydrogen-bond acceptors (Lipinski definition) is 9. The van der Waals surface area contributed by atoms with E-state index in [0.717, 1.165) is 16.2 Å². The standard InChI is InChI=1S/C23H17N3O7S/c1-12-20(22(30)33-2)34-23(24-12)25-17(14-9-6-10-15(11-14)26(31)32)16(19(28)21(25)29)18(27)13-7-4-3-5-8-13/h3-11,17,27H,1-2H3/b18-16+. The lowest BCUT2D eigenvalue weighted by atomic mass is 9.95. The zero-order valence-electron chi connectivity index (χ0n) is 17.9. The van der Waals surface area contributed by atoms with E-state index in [1.165, 1.54) is 31.4 Å². The number of aliphatic hydroxyl groups excluding tert-OH is 1. The van der Waals surface area contributed by atoms with Crippen LogP contribution in [0.1, 0.15) is 32.5 Å². The summed E-state index contributed by atoms with van der Waals surface area (Å²) >= 11 is 0.843. The van der Waals surface area contributed by atoms with Crippen molar-refractivity contribution in [2.75, 3.05) is 12.0 Å². The molecule has 1 atom stereocenters. The fraction of sp³-hybridized carbons (Fsp3) is 0.130. The van der Waals surface area contributed by atoms with Crippen molar-refractivity contribution in [3.63, 3.8) is 0 Å². The number of aliphatic hydroxyl groups is 1.